The molecule has 0 atom stereocenters. The highest BCUT2D eigenvalue weighted by Gasteiger charge is 2.12. The normalized spacial score (nSPS) is 10.2. The Morgan fingerprint density at radius 1 is 1.14 bits per heavy atom. The predicted molar refractivity (Wildman–Crippen MR) is 82.7 cm³/mol. The van der Waals surface area contributed by atoms with Gasteiger partial charge in [-0.25, -0.2) is 0 Å². The Morgan fingerprint density at radius 2 is 1.91 bits per heavy atom. The van der Waals surface area contributed by atoms with Crippen molar-refractivity contribution < 1.29 is 14.0 Å². The number of carbonyl (C=O) groups excluding carboxylic acids is 2. The van der Waals surface area contributed by atoms with Crippen molar-refractivity contribution in [1.82, 2.24) is 10.2 Å². The maximum atomic E-state index is 11.8. The molecule has 22 heavy (non-hydrogen) atoms. The molecule has 5 nitrogen and oxygen atoms in total. The Bertz CT molecular complexity index is 594. The molecule has 0 aliphatic heterocycles. The van der Waals surface area contributed by atoms with E-state index in [1.807, 2.05) is 30.3 Å². The molecule has 0 saturated carbocycles. The fraction of sp³-hybridized carbons (Fsp3) is 0.294. The van der Waals surface area contributed by atoms with E-state index in [-0.39, 0.29) is 18.2 Å². The van der Waals surface area contributed by atoms with Gasteiger partial charge in [0.15, 0.2) is 0 Å². The van der Waals surface area contributed by atoms with Crippen LogP contribution >= 0.6 is 0 Å². The van der Waals surface area contributed by atoms with E-state index in [1.165, 1.54) is 6.92 Å². The van der Waals surface area contributed by atoms with Crippen LogP contribution in [0.15, 0.2) is 53.1 Å². The molecular formula is C17H20N2O3. The van der Waals surface area contributed by atoms with Crippen LogP contribution < -0.4 is 5.32 Å². The number of carbonyl (C=O) groups is 2. The van der Waals surface area contributed by atoms with Gasteiger partial charge >= 0.3 is 0 Å². The molecule has 1 aromatic heterocycles. The van der Waals surface area contributed by atoms with Crippen molar-refractivity contribution in [3.63, 3.8) is 0 Å². The van der Waals surface area contributed by atoms with Gasteiger partial charge < -0.3 is 14.6 Å². The summed E-state index contributed by atoms with van der Waals surface area (Å²) >= 11 is 0. The molecule has 0 radical (unpaired) electrons. The Labute approximate surface area is 129 Å². The summed E-state index contributed by atoms with van der Waals surface area (Å²) in [6, 6.07) is 13.3. The van der Waals surface area contributed by atoms with Gasteiger partial charge in [-0.2, -0.15) is 0 Å². The standard InChI is InChI=1S/C17H20N2O3/c1-14(20)19(13-15-6-3-2-4-7-15)10-9-17(21)18-12-16-8-5-11-22-16/h2-8,11H,9-10,12-13H2,1H3,(H,18,21). The zero-order valence-electron chi connectivity index (χ0n) is 12.6. The number of furan rings is 1. The highest BCUT2D eigenvalue weighted by Crippen LogP contribution is 2.06. The van der Waals surface area contributed by atoms with Gasteiger partial charge in [-0.05, 0) is 17.7 Å². The minimum Gasteiger partial charge on any atom is -0.467 e. The van der Waals surface area contributed by atoms with Crippen LogP contribution in [0.1, 0.15) is 24.7 Å². The van der Waals surface area contributed by atoms with Crippen molar-refractivity contribution in [3.8, 4) is 0 Å². The molecule has 2 aromatic rings. The van der Waals surface area contributed by atoms with Crippen molar-refractivity contribution in [2.75, 3.05) is 6.54 Å². The number of benzene rings is 1. The Kier molecular flexibility index (Phi) is 5.77. The molecule has 0 saturated heterocycles. The third-order valence-electron chi connectivity index (χ3n) is 3.31. The average molecular weight is 300 g/mol. The Hall–Kier alpha value is -2.56. The summed E-state index contributed by atoms with van der Waals surface area (Å²) in [4.78, 5) is 25.2. The van der Waals surface area contributed by atoms with E-state index in [0.717, 1.165) is 5.56 Å². The summed E-state index contributed by atoms with van der Waals surface area (Å²) in [5.74, 6) is 0.569. The van der Waals surface area contributed by atoms with Crippen LogP contribution in [-0.2, 0) is 22.7 Å². The first-order valence-electron chi connectivity index (χ1n) is 7.23. The number of amides is 2. The van der Waals surface area contributed by atoms with Crippen LogP contribution in [-0.4, -0.2) is 23.3 Å². The summed E-state index contributed by atoms with van der Waals surface area (Å²) in [5, 5.41) is 2.77. The van der Waals surface area contributed by atoms with Gasteiger partial charge in [0.05, 0.1) is 12.8 Å². The number of rotatable bonds is 7. The number of hydrogen-bond donors (Lipinski definition) is 1. The second-order valence-corrected chi connectivity index (χ2v) is 5.03. The Balaban J connectivity index is 1.78. The van der Waals surface area contributed by atoms with Crippen molar-refractivity contribution in [2.24, 2.45) is 0 Å². The van der Waals surface area contributed by atoms with Gasteiger partial charge in [-0.15, -0.1) is 0 Å². The molecule has 1 heterocycles. The first-order chi connectivity index (χ1) is 10.6. The minimum absolute atomic E-state index is 0.0392. The van der Waals surface area contributed by atoms with Crippen LogP contribution in [0, 0.1) is 0 Å². The van der Waals surface area contributed by atoms with E-state index in [0.29, 0.717) is 25.4 Å². The van der Waals surface area contributed by atoms with Gasteiger partial charge in [0.2, 0.25) is 11.8 Å². The molecule has 0 bridgehead atoms. The molecule has 0 aliphatic carbocycles. The largest absolute Gasteiger partial charge is 0.467 e. The zero-order chi connectivity index (χ0) is 15.8. The average Bonchev–Trinajstić information content (AvgIpc) is 3.03. The predicted octanol–water partition coefficient (Wildman–Crippen LogP) is 2.33. The lowest BCUT2D eigenvalue weighted by molar-refractivity contribution is -0.130. The molecule has 0 fully saturated rings. The minimum atomic E-state index is -0.101. The maximum Gasteiger partial charge on any atom is 0.222 e. The topological polar surface area (TPSA) is 62.6 Å². The van der Waals surface area contributed by atoms with Crippen molar-refractivity contribution in [1.29, 1.82) is 0 Å². The second kappa shape index (κ2) is 8.02. The van der Waals surface area contributed by atoms with E-state index < -0.39 is 0 Å². The highest BCUT2D eigenvalue weighted by atomic mass is 16.3. The molecule has 2 rings (SSSR count). The molecule has 116 valence electrons. The highest BCUT2D eigenvalue weighted by molar-refractivity contribution is 5.77. The third kappa shape index (κ3) is 5.09. The van der Waals surface area contributed by atoms with Crippen molar-refractivity contribution >= 4 is 11.8 Å². The second-order valence-electron chi connectivity index (χ2n) is 5.03. The molecule has 0 spiro atoms. The molecule has 2 amide bonds. The van der Waals surface area contributed by atoms with Crippen LogP contribution in [0.4, 0.5) is 0 Å². The lowest BCUT2D eigenvalue weighted by Crippen LogP contribution is -2.33. The summed E-state index contributed by atoms with van der Waals surface area (Å²) in [6.45, 7) is 2.80. The van der Waals surface area contributed by atoms with Gasteiger partial charge in [0.25, 0.3) is 0 Å². The van der Waals surface area contributed by atoms with Gasteiger partial charge in [-0.3, -0.25) is 9.59 Å². The molecule has 5 heteroatoms. The van der Waals surface area contributed by atoms with Crippen molar-refractivity contribution in [2.45, 2.75) is 26.4 Å². The lowest BCUT2D eigenvalue weighted by Gasteiger charge is -2.20. The number of hydrogen-bond acceptors (Lipinski definition) is 3. The maximum absolute atomic E-state index is 11.8. The van der Waals surface area contributed by atoms with Gasteiger partial charge in [0, 0.05) is 26.4 Å². The fourth-order valence-corrected chi connectivity index (χ4v) is 2.08. The fourth-order valence-electron chi connectivity index (χ4n) is 2.08. The first kappa shape index (κ1) is 15.8. The van der Waals surface area contributed by atoms with Gasteiger partial charge in [-0.1, -0.05) is 30.3 Å². The monoisotopic (exact) mass is 300 g/mol. The van der Waals surface area contributed by atoms with Crippen LogP contribution in [0.5, 0.6) is 0 Å². The third-order valence-corrected chi connectivity index (χ3v) is 3.31. The lowest BCUT2D eigenvalue weighted by atomic mass is 10.2. The van der Waals surface area contributed by atoms with Crippen LogP contribution in [0.25, 0.3) is 0 Å². The van der Waals surface area contributed by atoms with Crippen molar-refractivity contribution in [3.05, 3.63) is 60.1 Å². The SMILES string of the molecule is CC(=O)N(CCC(=O)NCc1ccco1)Cc1ccccc1. The quantitative estimate of drug-likeness (QED) is 0.853. The van der Waals surface area contributed by atoms with E-state index in [9.17, 15) is 9.59 Å². The van der Waals surface area contributed by atoms with E-state index >= 15 is 0 Å². The summed E-state index contributed by atoms with van der Waals surface area (Å²) in [7, 11) is 0. The molecule has 0 aliphatic rings. The zero-order valence-corrected chi connectivity index (χ0v) is 12.6. The van der Waals surface area contributed by atoms with E-state index in [2.05, 4.69) is 5.32 Å². The molecule has 1 N–H and O–H groups in total. The molecular weight excluding hydrogens is 280 g/mol. The van der Waals surface area contributed by atoms with Crippen LogP contribution in [0.3, 0.4) is 0 Å². The smallest absolute Gasteiger partial charge is 0.222 e. The van der Waals surface area contributed by atoms with E-state index in [4.69, 9.17) is 4.42 Å². The molecule has 1 aromatic carbocycles. The van der Waals surface area contributed by atoms with Crippen LogP contribution in [0.2, 0.25) is 0 Å². The summed E-state index contributed by atoms with van der Waals surface area (Å²) in [5.41, 5.74) is 1.05. The number of nitrogens with zero attached hydrogens (tertiary/aromatic N) is 1. The summed E-state index contributed by atoms with van der Waals surface area (Å²) in [6.07, 6.45) is 1.84. The summed E-state index contributed by atoms with van der Waals surface area (Å²) < 4.78 is 5.15. The molecule has 0 unspecified atom stereocenters. The number of nitrogens with one attached hydrogen (secondary N) is 1. The van der Waals surface area contributed by atoms with E-state index in [1.54, 1.807) is 23.3 Å². The first-order valence-corrected chi connectivity index (χ1v) is 7.23. The Morgan fingerprint density at radius 3 is 2.55 bits per heavy atom. The van der Waals surface area contributed by atoms with Gasteiger partial charge in [0.1, 0.15) is 5.76 Å².